The molecular formula is C21H17Cl2F3NO4+. The van der Waals surface area contributed by atoms with E-state index in [0.717, 1.165) is 4.90 Å². The maximum Gasteiger partial charge on any atom is 0.450 e. The lowest BCUT2D eigenvalue weighted by Gasteiger charge is -2.24. The number of hydrogen-bond donors (Lipinski definition) is 2. The van der Waals surface area contributed by atoms with Crippen LogP contribution in [0.25, 0.3) is 22.1 Å². The fourth-order valence-corrected chi connectivity index (χ4v) is 4.20. The van der Waals surface area contributed by atoms with Gasteiger partial charge in [0.15, 0.2) is 5.58 Å². The highest BCUT2D eigenvalue weighted by Crippen LogP contribution is 2.41. The zero-order chi connectivity index (χ0) is 22.3. The Bertz CT molecular complexity index is 1200. The molecule has 0 radical (unpaired) electrons. The van der Waals surface area contributed by atoms with E-state index < -0.39 is 22.9 Å². The number of fused-ring (bicyclic) bond motifs is 1. The lowest BCUT2D eigenvalue weighted by atomic mass is 10.00. The van der Waals surface area contributed by atoms with Crippen molar-refractivity contribution in [3.05, 3.63) is 61.9 Å². The Labute approximate surface area is 184 Å². The summed E-state index contributed by atoms with van der Waals surface area (Å²) in [7, 11) is 0. The second-order valence-corrected chi connectivity index (χ2v) is 8.08. The number of benzene rings is 2. The smallest absolute Gasteiger partial charge is 0.450 e. The van der Waals surface area contributed by atoms with Crippen LogP contribution in [0.15, 0.2) is 39.5 Å². The molecule has 1 fully saturated rings. The van der Waals surface area contributed by atoms with Gasteiger partial charge >= 0.3 is 6.18 Å². The summed E-state index contributed by atoms with van der Waals surface area (Å²) in [5, 5.41) is 10.4. The Morgan fingerprint density at radius 1 is 1.10 bits per heavy atom. The number of rotatable bonds is 3. The molecule has 164 valence electrons. The molecule has 0 bridgehead atoms. The topological polar surface area (TPSA) is 64.1 Å². The van der Waals surface area contributed by atoms with Crippen LogP contribution in [0.2, 0.25) is 10.0 Å². The molecule has 2 aromatic carbocycles. The van der Waals surface area contributed by atoms with Crippen LogP contribution in [-0.4, -0.2) is 31.4 Å². The molecule has 10 heteroatoms. The summed E-state index contributed by atoms with van der Waals surface area (Å²) < 4.78 is 52.5. The Balaban J connectivity index is 1.99. The molecule has 0 unspecified atom stereocenters. The number of halogens is 5. The first kappa shape index (κ1) is 22.0. The normalized spacial score (nSPS) is 15.5. The number of ether oxygens (including phenoxy) is 1. The second kappa shape index (κ2) is 8.35. The molecule has 0 amide bonds. The van der Waals surface area contributed by atoms with Crippen LogP contribution in [0.4, 0.5) is 13.2 Å². The zero-order valence-electron chi connectivity index (χ0n) is 16.0. The molecule has 3 aromatic rings. The molecule has 1 aliphatic rings. The number of alkyl halides is 3. The Hall–Kier alpha value is -2.26. The summed E-state index contributed by atoms with van der Waals surface area (Å²) in [6, 6.07) is 6.39. The van der Waals surface area contributed by atoms with Crippen molar-refractivity contribution in [1.82, 2.24) is 0 Å². The SMILES string of the molecule is O=c1c(-c2ccc(Cl)cc2Cl)c(C(F)(F)F)oc2c(C[NH+]3CCOCC3)c(O)ccc12. The Morgan fingerprint density at radius 3 is 2.45 bits per heavy atom. The van der Waals surface area contributed by atoms with E-state index in [-0.39, 0.29) is 44.4 Å². The maximum absolute atomic E-state index is 14.0. The number of aromatic hydroxyl groups is 1. The third-order valence-corrected chi connectivity index (χ3v) is 5.77. The van der Waals surface area contributed by atoms with Gasteiger partial charge in [0.25, 0.3) is 0 Å². The van der Waals surface area contributed by atoms with Crippen LogP contribution >= 0.6 is 23.2 Å². The number of phenolic OH excluding ortho intramolecular Hbond substituents is 1. The van der Waals surface area contributed by atoms with Crippen LogP contribution in [-0.2, 0) is 17.5 Å². The standard InChI is InChI=1S/C21H16Cl2F3NO4/c22-11-1-2-12(15(23)9-11)17-18(29)13-3-4-16(28)14(10-27-5-7-30-8-6-27)19(13)31-20(17)21(24,25)26/h1-4,9,28H,5-8,10H2/p+1. The molecule has 0 atom stereocenters. The van der Waals surface area contributed by atoms with Crippen molar-refractivity contribution in [2.45, 2.75) is 12.7 Å². The Kier molecular flexibility index (Phi) is 5.91. The molecule has 0 spiro atoms. The number of nitrogens with one attached hydrogen (secondary N) is 1. The molecular weight excluding hydrogens is 458 g/mol. The summed E-state index contributed by atoms with van der Waals surface area (Å²) >= 11 is 12.0. The summed E-state index contributed by atoms with van der Waals surface area (Å²) in [5.74, 6) is -1.71. The third-order valence-electron chi connectivity index (χ3n) is 5.22. The van der Waals surface area contributed by atoms with Crippen molar-refractivity contribution in [2.75, 3.05) is 26.3 Å². The number of morpholine rings is 1. The van der Waals surface area contributed by atoms with Crippen molar-refractivity contribution in [3.8, 4) is 16.9 Å². The maximum atomic E-state index is 14.0. The molecule has 1 aromatic heterocycles. The monoisotopic (exact) mass is 474 g/mol. The minimum Gasteiger partial charge on any atom is -0.507 e. The zero-order valence-corrected chi connectivity index (χ0v) is 17.5. The van der Waals surface area contributed by atoms with E-state index in [1.807, 2.05) is 0 Å². The first-order valence-corrected chi connectivity index (χ1v) is 10.2. The first-order chi connectivity index (χ1) is 14.7. The third kappa shape index (κ3) is 4.25. The average molecular weight is 475 g/mol. The second-order valence-electron chi connectivity index (χ2n) is 7.24. The molecule has 1 saturated heterocycles. The molecule has 31 heavy (non-hydrogen) atoms. The lowest BCUT2D eigenvalue weighted by Crippen LogP contribution is -3.12. The van der Waals surface area contributed by atoms with Crippen molar-refractivity contribution in [1.29, 1.82) is 0 Å². The minimum atomic E-state index is -4.97. The first-order valence-electron chi connectivity index (χ1n) is 9.42. The van der Waals surface area contributed by atoms with Gasteiger partial charge in [-0.25, -0.2) is 0 Å². The van der Waals surface area contributed by atoms with E-state index in [9.17, 15) is 23.1 Å². The van der Waals surface area contributed by atoms with Gasteiger partial charge in [0.05, 0.1) is 34.7 Å². The lowest BCUT2D eigenvalue weighted by molar-refractivity contribution is -0.921. The molecule has 0 saturated carbocycles. The highest BCUT2D eigenvalue weighted by Gasteiger charge is 2.40. The highest BCUT2D eigenvalue weighted by atomic mass is 35.5. The van der Waals surface area contributed by atoms with E-state index in [2.05, 4.69) is 0 Å². The number of quaternary nitrogens is 1. The van der Waals surface area contributed by atoms with E-state index in [1.165, 1.54) is 30.3 Å². The van der Waals surface area contributed by atoms with Gasteiger partial charge < -0.3 is 19.2 Å². The van der Waals surface area contributed by atoms with Crippen LogP contribution in [0, 0.1) is 0 Å². The van der Waals surface area contributed by atoms with Gasteiger partial charge in [0.1, 0.15) is 25.4 Å². The summed E-state index contributed by atoms with van der Waals surface area (Å²) in [6.45, 7) is 2.42. The fourth-order valence-electron chi connectivity index (χ4n) is 3.70. The van der Waals surface area contributed by atoms with Gasteiger partial charge in [-0.05, 0) is 24.3 Å². The fraction of sp³-hybridized carbons (Fsp3) is 0.286. The van der Waals surface area contributed by atoms with E-state index in [0.29, 0.717) is 26.3 Å². The quantitative estimate of drug-likeness (QED) is 0.604. The molecule has 1 aliphatic heterocycles. The van der Waals surface area contributed by atoms with Gasteiger partial charge in [0, 0.05) is 10.6 Å². The summed E-state index contributed by atoms with van der Waals surface area (Å²) in [4.78, 5) is 14.2. The van der Waals surface area contributed by atoms with Crippen molar-refractivity contribution >= 4 is 34.2 Å². The molecule has 0 aliphatic carbocycles. The number of phenols is 1. The molecule has 4 rings (SSSR count). The largest absolute Gasteiger partial charge is 0.507 e. The van der Waals surface area contributed by atoms with Crippen LogP contribution in [0.5, 0.6) is 5.75 Å². The molecule has 2 N–H and O–H groups in total. The van der Waals surface area contributed by atoms with Crippen LogP contribution in [0.3, 0.4) is 0 Å². The van der Waals surface area contributed by atoms with Gasteiger partial charge in [0.2, 0.25) is 11.2 Å². The Morgan fingerprint density at radius 2 is 1.81 bits per heavy atom. The minimum absolute atomic E-state index is 0.0746. The van der Waals surface area contributed by atoms with Crippen molar-refractivity contribution in [2.24, 2.45) is 0 Å². The van der Waals surface area contributed by atoms with Gasteiger partial charge in [-0.2, -0.15) is 13.2 Å². The van der Waals surface area contributed by atoms with Gasteiger partial charge in [-0.15, -0.1) is 0 Å². The van der Waals surface area contributed by atoms with Crippen LogP contribution in [0.1, 0.15) is 11.3 Å². The summed E-state index contributed by atoms with van der Waals surface area (Å²) in [6.07, 6.45) is -4.97. The van der Waals surface area contributed by atoms with Crippen molar-refractivity contribution < 1.29 is 32.3 Å². The molecule has 2 heterocycles. The predicted octanol–water partition coefficient (Wildman–Crippen LogP) is 3.91. The van der Waals surface area contributed by atoms with E-state index in [1.54, 1.807) is 0 Å². The summed E-state index contributed by atoms with van der Waals surface area (Å²) in [5.41, 5.74) is -1.87. The average Bonchev–Trinajstić information content (AvgIpc) is 2.71. The molecule has 5 nitrogen and oxygen atoms in total. The van der Waals surface area contributed by atoms with Crippen LogP contribution < -0.4 is 10.3 Å². The van der Waals surface area contributed by atoms with E-state index in [4.69, 9.17) is 32.4 Å². The van der Waals surface area contributed by atoms with E-state index >= 15 is 0 Å². The highest BCUT2D eigenvalue weighted by molar-refractivity contribution is 6.36. The number of hydrogen-bond acceptors (Lipinski definition) is 4. The predicted molar refractivity (Wildman–Crippen MR) is 110 cm³/mol. The van der Waals surface area contributed by atoms with Crippen molar-refractivity contribution in [3.63, 3.8) is 0 Å². The van der Waals surface area contributed by atoms with Gasteiger partial charge in [-0.1, -0.05) is 29.3 Å². The van der Waals surface area contributed by atoms with Gasteiger partial charge in [-0.3, -0.25) is 4.79 Å².